The van der Waals surface area contributed by atoms with Gasteiger partial charge in [-0.1, -0.05) is 0 Å². The molecule has 120 valence electrons. The van der Waals surface area contributed by atoms with E-state index in [0.717, 1.165) is 6.07 Å². The van der Waals surface area contributed by atoms with Crippen molar-refractivity contribution in [1.82, 2.24) is 10.3 Å². The van der Waals surface area contributed by atoms with Crippen LogP contribution in [0.25, 0.3) is 0 Å². The lowest BCUT2D eigenvalue weighted by molar-refractivity contribution is -0.137. The van der Waals surface area contributed by atoms with Crippen molar-refractivity contribution in [3.05, 3.63) is 23.4 Å². The number of thiocarbonyl (C=S) groups is 1. The molecule has 0 atom stereocenters. The monoisotopic (exact) mass is 333 g/mol. The molecular formula is C13H14F3N3O2S. The molecule has 22 heavy (non-hydrogen) atoms. The fourth-order valence-corrected chi connectivity index (χ4v) is 1.48. The van der Waals surface area contributed by atoms with E-state index in [1.165, 1.54) is 0 Å². The Labute approximate surface area is 130 Å². The van der Waals surface area contributed by atoms with E-state index in [0.29, 0.717) is 6.20 Å². The van der Waals surface area contributed by atoms with Gasteiger partial charge in [-0.3, -0.25) is 0 Å². The summed E-state index contributed by atoms with van der Waals surface area (Å²) in [6.07, 6.45) is -4.69. The third-order valence-electron chi connectivity index (χ3n) is 2.26. The minimum Gasteiger partial charge on any atom is -0.445 e. The molecule has 0 bridgehead atoms. The van der Waals surface area contributed by atoms with Crippen molar-refractivity contribution in [3.8, 4) is 0 Å². The SMILES string of the molecule is CC(C)(C)NC(=O)OCc1cc(C(F)(F)F)cnc1N=C=S. The highest BCUT2D eigenvalue weighted by atomic mass is 32.1. The fourth-order valence-electron chi connectivity index (χ4n) is 1.39. The first-order chi connectivity index (χ1) is 10.0. The average Bonchev–Trinajstić information content (AvgIpc) is 2.34. The van der Waals surface area contributed by atoms with Gasteiger partial charge in [-0.2, -0.15) is 18.2 Å². The molecule has 0 aliphatic heterocycles. The number of hydrogen-bond acceptors (Lipinski definition) is 5. The molecule has 0 saturated carbocycles. The maximum Gasteiger partial charge on any atom is 0.417 e. The van der Waals surface area contributed by atoms with Crippen LogP contribution in [0.2, 0.25) is 0 Å². The van der Waals surface area contributed by atoms with E-state index in [9.17, 15) is 18.0 Å². The summed E-state index contributed by atoms with van der Waals surface area (Å²) in [5.74, 6) is -0.0773. The summed E-state index contributed by atoms with van der Waals surface area (Å²) in [6, 6.07) is 0.808. The minimum atomic E-state index is -4.56. The molecule has 0 aliphatic carbocycles. The van der Waals surface area contributed by atoms with Gasteiger partial charge in [-0.15, -0.1) is 0 Å². The third kappa shape index (κ3) is 5.79. The number of amides is 1. The van der Waals surface area contributed by atoms with Gasteiger partial charge in [-0.25, -0.2) is 9.78 Å². The zero-order chi connectivity index (χ0) is 17.0. The molecule has 1 aromatic rings. The van der Waals surface area contributed by atoms with Crippen LogP contribution in [0.3, 0.4) is 0 Å². The zero-order valence-corrected chi connectivity index (χ0v) is 12.9. The first kappa shape index (κ1) is 18.1. The summed E-state index contributed by atoms with van der Waals surface area (Å²) >= 11 is 4.41. The molecule has 0 unspecified atom stereocenters. The molecule has 1 N–H and O–H groups in total. The number of carbonyl (C=O) groups is 1. The molecule has 0 aliphatic rings. The van der Waals surface area contributed by atoms with E-state index >= 15 is 0 Å². The number of pyridine rings is 1. The molecule has 5 nitrogen and oxygen atoms in total. The number of rotatable bonds is 3. The van der Waals surface area contributed by atoms with Gasteiger partial charge in [0.2, 0.25) is 0 Å². The van der Waals surface area contributed by atoms with Crippen LogP contribution in [0.15, 0.2) is 17.3 Å². The minimum absolute atomic E-state index is 0.0174. The van der Waals surface area contributed by atoms with Crippen LogP contribution < -0.4 is 5.32 Å². The molecule has 1 heterocycles. The van der Waals surface area contributed by atoms with E-state index < -0.39 is 30.0 Å². The predicted molar refractivity (Wildman–Crippen MR) is 77.0 cm³/mol. The second-order valence-corrected chi connectivity index (χ2v) is 5.54. The van der Waals surface area contributed by atoms with E-state index in [4.69, 9.17) is 4.74 Å². The van der Waals surface area contributed by atoms with Crippen LogP contribution in [0.1, 0.15) is 31.9 Å². The van der Waals surface area contributed by atoms with E-state index in [1.54, 1.807) is 20.8 Å². The average molecular weight is 333 g/mol. The van der Waals surface area contributed by atoms with Crippen LogP contribution in [0.4, 0.5) is 23.8 Å². The Kier molecular flexibility index (Phi) is 5.62. The van der Waals surface area contributed by atoms with E-state index in [2.05, 4.69) is 27.5 Å². The highest BCUT2D eigenvalue weighted by molar-refractivity contribution is 7.78. The number of nitrogens with zero attached hydrogens (tertiary/aromatic N) is 2. The number of ether oxygens (including phenoxy) is 1. The first-order valence-corrected chi connectivity index (χ1v) is 6.52. The van der Waals surface area contributed by atoms with Gasteiger partial charge < -0.3 is 10.1 Å². The number of carbonyl (C=O) groups excluding carboxylic acids is 1. The standard InChI is InChI=1S/C13H14F3N3O2S/c1-12(2,3)19-11(20)21-6-8-4-9(13(14,15)16)5-17-10(8)18-7-22/h4-5H,6H2,1-3H3,(H,19,20). The molecule has 9 heteroatoms. The molecule has 1 aromatic heterocycles. The molecule has 0 fully saturated rings. The number of nitrogens with one attached hydrogen (secondary N) is 1. The van der Waals surface area contributed by atoms with Gasteiger partial charge in [0.1, 0.15) is 6.61 Å². The van der Waals surface area contributed by atoms with E-state index in [-0.39, 0.29) is 11.4 Å². The summed E-state index contributed by atoms with van der Waals surface area (Å²) in [7, 11) is 0. The number of isothiocyanates is 1. The van der Waals surface area contributed by atoms with Gasteiger partial charge in [0.25, 0.3) is 0 Å². The van der Waals surface area contributed by atoms with Crippen LogP contribution in [-0.4, -0.2) is 21.8 Å². The zero-order valence-electron chi connectivity index (χ0n) is 12.1. The number of alkyl carbamates (subject to hydrolysis) is 1. The Hall–Kier alpha value is -1.99. The Morgan fingerprint density at radius 1 is 1.45 bits per heavy atom. The summed E-state index contributed by atoms with van der Waals surface area (Å²) in [6.45, 7) is 4.79. The summed E-state index contributed by atoms with van der Waals surface area (Å²) in [4.78, 5) is 18.7. The van der Waals surface area contributed by atoms with Crippen molar-refractivity contribution < 1.29 is 22.7 Å². The Balaban J connectivity index is 2.96. The first-order valence-electron chi connectivity index (χ1n) is 6.12. The summed E-state index contributed by atoms with van der Waals surface area (Å²) < 4.78 is 42.9. The lowest BCUT2D eigenvalue weighted by atomic mass is 10.1. The lowest BCUT2D eigenvalue weighted by Crippen LogP contribution is -2.40. The highest BCUT2D eigenvalue weighted by Gasteiger charge is 2.31. The summed E-state index contributed by atoms with van der Waals surface area (Å²) in [5, 5.41) is 4.53. The maximum absolute atomic E-state index is 12.7. The number of hydrogen-bond donors (Lipinski definition) is 1. The van der Waals surface area contributed by atoms with Gasteiger partial charge in [0, 0.05) is 17.3 Å². The van der Waals surface area contributed by atoms with Crippen LogP contribution in [-0.2, 0) is 17.5 Å². The quantitative estimate of drug-likeness (QED) is 0.674. The molecule has 0 saturated heterocycles. The van der Waals surface area contributed by atoms with Crippen molar-refractivity contribution in [2.75, 3.05) is 0 Å². The smallest absolute Gasteiger partial charge is 0.417 e. The maximum atomic E-state index is 12.7. The van der Waals surface area contributed by atoms with Gasteiger partial charge in [-0.05, 0) is 39.1 Å². The molecule has 0 radical (unpaired) electrons. The van der Waals surface area contributed by atoms with Gasteiger partial charge in [0.05, 0.1) is 10.7 Å². The largest absolute Gasteiger partial charge is 0.445 e. The van der Waals surface area contributed by atoms with Crippen LogP contribution >= 0.6 is 12.2 Å². The number of aromatic nitrogens is 1. The fraction of sp³-hybridized carbons (Fsp3) is 0.462. The second kappa shape index (κ2) is 6.85. The van der Waals surface area contributed by atoms with Gasteiger partial charge >= 0.3 is 12.3 Å². The number of halogens is 3. The normalized spacial score (nSPS) is 11.5. The Morgan fingerprint density at radius 3 is 2.59 bits per heavy atom. The Morgan fingerprint density at radius 2 is 2.09 bits per heavy atom. The predicted octanol–water partition coefficient (Wildman–Crippen LogP) is 3.86. The topological polar surface area (TPSA) is 63.6 Å². The molecular weight excluding hydrogens is 319 g/mol. The highest BCUT2D eigenvalue weighted by Crippen LogP contribution is 2.31. The van der Waals surface area contributed by atoms with Gasteiger partial charge in [0.15, 0.2) is 5.82 Å². The van der Waals surface area contributed by atoms with Crippen molar-refractivity contribution >= 4 is 29.3 Å². The Bertz CT molecular complexity index is 606. The molecule has 0 spiro atoms. The molecule has 1 amide bonds. The summed E-state index contributed by atoms with van der Waals surface area (Å²) in [5.41, 5.74) is -1.51. The van der Waals surface area contributed by atoms with Crippen LogP contribution in [0.5, 0.6) is 0 Å². The number of aliphatic imine (C=N–C) groups is 1. The van der Waals surface area contributed by atoms with Crippen molar-refractivity contribution in [1.29, 1.82) is 0 Å². The second-order valence-electron chi connectivity index (χ2n) is 5.36. The van der Waals surface area contributed by atoms with Crippen molar-refractivity contribution in [2.45, 2.75) is 39.1 Å². The van der Waals surface area contributed by atoms with Crippen LogP contribution in [0, 0.1) is 0 Å². The van der Waals surface area contributed by atoms with E-state index in [1.807, 2.05) is 5.16 Å². The van der Waals surface area contributed by atoms with Crippen molar-refractivity contribution in [2.24, 2.45) is 4.99 Å². The lowest BCUT2D eigenvalue weighted by Gasteiger charge is -2.20. The molecule has 0 aromatic carbocycles. The molecule has 1 rings (SSSR count). The number of alkyl halides is 3. The third-order valence-corrected chi connectivity index (χ3v) is 2.35. The van der Waals surface area contributed by atoms with Crippen molar-refractivity contribution in [3.63, 3.8) is 0 Å².